The number of piperidine rings is 2. The number of fused-ring (bicyclic) bond motifs is 1. The number of sulfonamides is 1. The molecule has 32 heavy (non-hydrogen) atoms. The van der Waals surface area contributed by atoms with E-state index >= 15 is 0 Å². The van der Waals surface area contributed by atoms with Crippen LogP contribution in [0.2, 0.25) is 0 Å². The number of likely N-dealkylation sites (tertiary alicyclic amines) is 1. The van der Waals surface area contributed by atoms with Gasteiger partial charge in [0, 0.05) is 44.7 Å². The highest BCUT2D eigenvalue weighted by Crippen LogP contribution is 2.29. The molecule has 0 bridgehead atoms. The minimum atomic E-state index is -3.49. The van der Waals surface area contributed by atoms with E-state index < -0.39 is 10.0 Å². The zero-order valence-electron chi connectivity index (χ0n) is 19.8. The number of rotatable bonds is 6. The molecule has 0 aromatic heterocycles. The number of hydrogen-bond acceptors (Lipinski definition) is 4. The molecule has 7 heteroatoms. The lowest BCUT2D eigenvalue weighted by molar-refractivity contribution is -0.126. The van der Waals surface area contributed by atoms with Gasteiger partial charge in [0.25, 0.3) is 0 Å². The molecule has 2 heterocycles. The maximum atomic E-state index is 13.1. The van der Waals surface area contributed by atoms with Crippen LogP contribution in [0.5, 0.6) is 0 Å². The van der Waals surface area contributed by atoms with Gasteiger partial charge in [0.05, 0.1) is 4.90 Å². The first-order valence-corrected chi connectivity index (χ1v) is 13.8. The van der Waals surface area contributed by atoms with Crippen molar-refractivity contribution < 1.29 is 13.2 Å². The van der Waals surface area contributed by atoms with Crippen molar-refractivity contribution in [3.63, 3.8) is 0 Å². The maximum absolute atomic E-state index is 13.1. The lowest BCUT2D eigenvalue weighted by Gasteiger charge is -2.37. The van der Waals surface area contributed by atoms with Gasteiger partial charge in [0.1, 0.15) is 0 Å². The predicted octanol–water partition coefficient (Wildman–Crippen LogP) is 3.06. The Morgan fingerprint density at radius 1 is 1.09 bits per heavy atom. The summed E-state index contributed by atoms with van der Waals surface area (Å²) in [6, 6.07) is 5.69. The zero-order valence-corrected chi connectivity index (χ0v) is 20.7. The molecule has 1 N–H and O–H groups in total. The number of hydrogen-bond donors (Lipinski definition) is 1. The quantitative estimate of drug-likeness (QED) is 0.707. The first kappa shape index (κ1) is 23.7. The minimum Gasteiger partial charge on any atom is -0.352 e. The van der Waals surface area contributed by atoms with Gasteiger partial charge in [0.2, 0.25) is 15.9 Å². The molecular weight excluding hydrogens is 422 g/mol. The molecule has 0 spiro atoms. The van der Waals surface area contributed by atoms with E-state index in [4.69, 9.17) is 0 Å². The third kappa shape index (κ3) is 5.37. The predicted molar refractivity (Wildman–Crippen MR) is 127 cm³/mol. The fourth-order valence-electron chi connectivity index (χ4n) is 5.95. The molecule has 6 nitrogen and oxygen atoms in total. The Morgan fingerprint density at radius 2 is 1.75 bits per heavy atom. The molecule has 3 unspecified atom stereocenters. The molecular formula is C25H39N3O3S. The number of nitrogens with zero attached hydrogens (tertiary/aromatic N) is 2. The van der Waals surface area contributed by atoms with Crippen molar-refractivity contribution in [3.05, 3.63) is 29.3 Å². The number of amides is 1. The van der Waals surface area contributed by atoms with Crippen molar-refractivity contribution in [2.45, 2.75) is 70.2 Å². The topological polar surface area (TPSA) is 69.7 Å². The summed E-state index contributed by atoms with van der Waals surface area (Å²) in [6.45, 7) is 10.6. The van der Waals surface area contributed by atoms with Crippen LogP contribution in [0.1, 0.15) is 57.6 Å². The fraction of sp³-hybridized carbons (Fsp3) is 0.720. The van der Waals surface area contributed by atoms with Crippen molar-refractivity contribution in [1.29, 1.82) is 0 Å². The summed E-state index contributed by atoms with van der Waals surface area (Å²) in [7, 11) is -3.49. The lowest BCUT2D eigenvalue weighted by atomic mass is 9.91. The number of carbonyl (C=O) groups excluding carboxylic acids is 1. The minimum absolute atomic E-state index is 0.0742. The average Bonchev–Trinajstić information content (AvgIpc) is 3.21. The number of nitrogens with one attached hydrogen (secondary N) is 1. The van der Waals surface area contributed by atoms with Gasteiger partial charge >= 0.3 is 0 Å². The van der Waals surface area contributed by atoms with E-state index in [0.29, 0.717) is 42.7 Å². The van der Waals surface area contributed by atoms with E-state index in [9.17, 15) is 13.2 Å². The average molecular weight is 462 g/mol. The SMILES string of the molecule is CC1CC(C)CN(CC(C)NC(=O)C2CCN(S(=O)(=O)c3ccc4c(c3)CCC4)CC2)C1. The van der Waals surface area contributed by atoms with Gasteiger partial charge in [-0.3, -0.25) is 4.79 Å². The molecule has 3 aliphatic rings. The van der Waals surface area contributed by atoms with Crippen molar-refractivity contribution in [1.82, 2.24) is 14.5 Å². The second-order valence-corrected chi connectivity index (χ2v) is 12.5. The van der Waals surface area contributed by atoms with Crippen LogP contribution in [0.25, 0.3) is 0 Å². The number of aryl methyl sites for hydroxylation is 2. The first-order valence-electron chi connectivity index (χ1n) is 12.4. The standard InChI is InChI=1S/C25H39N3O3S/c1-18-13-19(2)16-27(15-18)17-20(3)26-25(29)22-9-11-28(12-10-22)32(30,31)24-8-7-21-5-4-6-23(21)14-24/h7-8,14,18-20,22H,4-6,9-13,15-17H2,1-3H3,(H,26,29). The van der Waals surface area contributed by atoms with Crippen LogP contribution >= 0.6 is 0 Å². The van der Waals surface area contributed by atoms with Crippen molar-refractivity contribution in [2.75, 3.05) is 32.7 Å². The Balaban J connectivity index is 1.28. The third-order valence-electron chi connectivity index (χ3n) is 7.40. The molecule has 1 aromatic rings. The fourth-order valence-corrected chi connectivity index (χ4v) is 7.47. The second-order valence-electron chi connectivity index (χ2n) is 10.5. The number of carbonyl (C=O) groups is 1. The summed E-state index contributed by atoms with van der Waals surface area (Å²) in [4.78, 5) is 15.7. The van der Waals surface area contributed by atoms with Crippen LogP contribution in [0.3, 0.4) is 0 Å². The third-order valence-corrected chi connectivity index (χ3v) is 9.29. The Hall–Kier alpha value is -1.44. The van der Waals surface area contributed by atoms with E-state index in [1.165, 1.54) is 17.5 Å². The Bertz CT molecular complexity index is 914. The van der Waals surface area contributed by atoms with Crippen molar-refractivity contribution in [2.24, 2.45) is 17.8 Å². The van der Waals surface area contributed by atoms with Gasteiger partial charge < -0.3 is 10.2 Å². The van der Waals surface area contributed by atoms with E-state index in [2.05, 4.69) is 31.0 Å². The van der Waals surface area contributed by atoms with E-state index in [1.807, 2.05) is 12.1 Å². The monoisotopic (exact) mass is 461 g/mol. The highest BCUT2D eigenvalue weighted by molar-refractivity contribution is 7.89. The smallest absolute Gasteiger partial charge is 0.243 e. The molecule has 3 atom stereocenters. The molecule has 1 aliphatic carbocycles. The molecule has 1 amide bonds. The molecule has 0 saturated carbocycles. The van der Waals surface area contributed by atoms with Gasteiger partial charge in [-0.1, -0.05) is 19.9 Å². The largest absolute Gasteiger partial charge is 0.352 e. The van der Waals surface area contributed by atoms with Gasteiger partial charge in [-0.25, -0.2) is 8.42 Å². The normalized spacial score (nSPS) is 26.6. The summed E-state index contributed by atoms with van der Waals surface area (Å²) in [5.74, 6) is 1.38. The van der Waals surface area contributed by atoms with Crippen LogP contribution in [0.15, 0.2) is 23.1 Å². The van der Waals surface area contributed by atoms with E-state index in [0.717, 1.165) is 38.9 Å². The molecule has 0 radical (unpaired) electrons. The molecule has 2 aliphatic heterocycles. The maximum Gasteiger partial charge on any atom is 0.243 e. The summed E-state index contributed by atoms with van der Waals surface area (Å²) >= 11 is 0. The van der Waals surface area contributed by atoms with E-state index in [-0.39, 0.29) is 17.9 Å². The van der Waals surface area contributed by atoms with Crippen molar-refractivity contribution in [3.8, 4) is 0 Å². The highest BCUT2D eigenvalue weighted by atomic mass is 32.2. The highest BCUT2D eigenvalue weighted by Gasteiger charge is 2.33. The van der Waals surface area contributed by atoms with E-state index in [1.54, 1.807) is 10.4 Å². The van der Waals surface area contributed by atoms with Crippen LogP contribution in [-0.2, 0) is 27.7 Å². The first-order chi connectivity index (χ1) is 15.2. The molecule has 2 saturated heterocycles. The summed E-state index contributed by atoms with van der Waals surface area (Å²) in [6.07, 6.45) is 5.57. The number of benzene rings is 1. The Kier molecular flexibility index (Phi) is 7.27. The summed E-state index contributed by atoms with van der Waals surface area (Å²) < 4.78 is 27.8. The summed E-state index contributed by atoms with van der Waals surface area (Å²) in [5, 5.41) is 3.19. The summed E-state index contributed by atoms with van der Waals surface area (Å²) in [5.41, 5.74) is 2.45. The van der Waals surface area contributed by atoms with Gasteiger partial charge in [0.15, 0.2) is 0 Å². The van der Waals surface area contributed by atoms with Crippen LogP contribution in [-0.4, -0.2) is 62.3 Å². The van der Waals surface area contributed by atoms with Gasteiger partial charge in [-0.05, 0) is 80.5 Å². The molecule has 1 aromatic carbocycles. The molecule has 4 rings (SSSR count). The Labute approximate surface area is 193 Å². The molecule has 178 valence electrons. The molecule has 2 fully saturated rings. The van der Waals surface area contributed by atoms with Crippen LogP contribution < -0.4 is 5.32 Å². The van der Waals surface area contributed by atoms with Crippen LogP contribution in [0, 0.1) is 17.8 Å². The lowest BCUT2D eigenvalue weighted by Crippen LogP contribution is -2.49. The Morgan fingerprint density at radius 3 is 2.44 bits per heavy atom. The zero-order chi connectivity index (χ0) is 22.9. The van der Waals surface area contributed by atoms with Crippen molar-refractivity contribution >= 4 is 15.9 Å². The van der Waals surface area contributed by atoms with Gasteiger partial charge in [-0.2, -0.15) is 4.31 Å². The van der Waals surface area contributed by atoms with Gasteiger partial charge in [-0.15, -0.1) is 0 Å². The second kappa shape index (κ2) is 9.82. The van der Waals surface area contributed by atoms with Crippen LogP contribution in [0.4, 0.5) is 0 Å².